The Bertz CT molecular complexity index is 339. The number of hydrogen-bond acceptors (Lipinski definition) is 3. The SMILES string of the molecule is CCCCN(CCCC)C(=O)c1ncc(C)o1. The van der Waals surface area contributed by atoms with Crippen LogP contribution in [0.5, 0.6) is 0 Å². The molecule has 0 fully saturated rings. The molecule has 0 aliphatic heterocycles. The number of carbonyl (C=O) groups excluding carboxylic acids is 1. The quantitative estimate of drug-likeness (QED) is 0.733. The molecule has 0 aliphatic rings. The summed E-state index contributed by atoms with van der Waals surface area (Å²) < 4.78 is 5.28. The lowest BCUT2D eigenvalue weighted by molar-refractivity contribution is 0.0709. The van der Waals surface area contributed by atoms with Gasteiger partial charge in [-0.15, -0.1) is 0 Å². The van der Waals surface area contributed by atoms with Gasteiger partial charge in [0.1, 0.15) is 5.76 Å². The fourth-order valence-corrected chi connectivity index (χ4v) is 1.60. The predicted molar refractivity (Wildman–Crippen MR) is 67.0 cm³/mol. The standard InChI is InChI=1S/C13H22N2O2/c1-4-6-8-15(9-7-5-2)13(16)12-14-10-11(3)17-12/h10H,4-9H2,1-3H3. The minimum Gasteiger partial charge on any atom is -0.438 e. The van der Waals surface area contributed by atoms with Crippen LogP contribution in [0.1, 0.15) is 56.0 Å². The van der Waals surface area contributed by atoms with Gasteiger partial charge in [-0.05, 0) is 19.8 Å². The first kappa shape index (κ1) is 13.7. The maximum atomic E-state index is 12.1. The molecule has 0 saturated heterocycles. The third-order valence-corrected chi connectivity index (χ3v) is 2.65. The van der Waals surface area contributed by atoms with Crippen LogP contribution in [-0.2, 0) is 0 Å². The fourth-order valence-electron chi connectivity index (χ4n) is 1.60. The van der Waals surface area contributed by atoms with Gasteiger partial charge in [0.2, 0.25) is 0 Å². The van der Waals surface area contributed by atoms with Crippen LogP contribution in [0.25, 0.3) is 0 Å². The third kappa shape index (κ3) is 4.21. The van der Waals surface area contributed by atoms with Gasteiger partial charge < -0.3 is 9.32 Å². The van der Waals surface area contributed by atoms with Crippen molar-refractivity contribution in [1.29, 1.82) is 0 Å². The van der Waals surface area contributed by atoms with Crippen molar-refractivity contribution in [1.82, 2.24) is 9.88 Å². The van der Waals surface area contributed by atoms with Gasteiger partial charge in [-0.1, -0.05) is 26.7 Å². The van der Waals surface area contributed by atoms with Crippen LogP contribution < -0.4 is 0 Å². The molecule has 1 amide bonds. The van der Waals surface area contributed by atoms with Crippen LogP contribution in [0.3, 0.4) is 0 Å². The van der Waals surface area contributed by atoms with Gasteiger partial charge in [0, 0.05) is 13.1 Å². The first-order valence-corrected chi connectivity index (χ1v) is 6.40. The van der Waals surface area contributed by atoms with E-state index in [0.717, 1.165) is 38.8 Å². The van der Waals surface area contributed by atoms with Gasteiger partial charge in [0.05, 0.1) is 6.20 Å². The molecule has 4 heteroatoms. The zero-order chi connectivity index (χ0) is 12.7. The zero-order valence-electron chi connectivity index (χ0n) is 11.0. The number of aryl methyl sites for hydroxylation is 1. The van der Waals surface area contributed by atoms with Crippen molar-refractivity contribution in [3.8, 4) is 0 Å². The largest absolute Gasteiger partial charge is 0.438 e. The number of amides is 1. The van der Waals surface area contributed by atoms with E-state index in [0.29, 0.717) is 5.76 Å². The monoisotopic (exact) mass is 238 g/mol. The number of aromatic nitrogens is 1. The van der Waals surface area contributed by atoms with E-state index in [1.54, 1.807) is 13.1 Å². The van der Waals surface area contributed by atoms with Gasteiger partial charge in [-0.25, -0.2) is 4.98 Å². The summed E-state index contributed by atoms with van der Waals surface area (Å²) in [5.74, 6) is 0.814. The number of rotatable bonds is 7. The second-order valence-electron chi connectivity index (χ2n) is 4.28. The number of hydrogen-bond donors (Lipinski definition) is 0. The highest BCUT2D eigenvalue weighted by Gasteiger charge is 2.19. The summed E-state index contributed by atoms with van der Waals surface area (Å²) in [4.78, 5) is 18.0. The van der Waals surface area contributed by atoms with Crippen molar-refractivity contribution in [3.63, 3.8) is 0 Å². The molecule has 0 spiro atoms. The summed E-state index contributed by atoms with van der Waals surface area (Å²) >= 11 is 0. The fraction of sp³-hybridized carbons (Fsp3) is 0.692. The Labute approximate surface area is 103 Å². The normalized spacial score (nSPS) is 10.5. The van der Waals surface area contributed by atoms with E-state index in [9.17, 15) is 4.79 Å². The van der Waals surface area contributed by atoms with Crippen molar-refractivity contribution in [2.75, 3.05) is 13.1 Å². The number of carbonyl (C=O) groups is 1. The van der Waals surface area contributed by atoms with Gasteiger partial charge in [0.25, 0.3) is 5.89 Å². The van der Waals surface area contributed by atoms with Crippen LogP contribution in [0.2, 0.25) is 0 Å². The topological polar surface area (TPSA) is 46.3 Å². The summed E-state index contributed by atoms with van der Waals surface area (Å²) in [6, 6.07) is 0. The van der Waals surface area contributed by atoms with E-state index in [4.69, 9.17) is 4.42 Å². The van der Waals surface area contributed by atoms with Crippen molar-refractivity contribution < 1.29 is 9.21 Å². The molecule has 1 heterocycles. The van der Waals surface area contributed by atoms with E-state index in [1.165, 1.54) is 0 Å². The predicted octanol–water partition coefficient (Wildman–Crippen LogP) is 3.03. The lowest BCUT2D eigenvalue weighted by atomic mass is 10.2. The molecular weight excluding hydrogens is 216 g/mol. The lowest BCUT2D eigenvalue weighted by Gasteiger charge is -2.20. The molecule has 4 nitrogen and oxygen atoms in total. The van der Waals surface area contributed by atoms with Crippen LogP contribution in [0, 0.1) is 6.92 Å². The average molecular weight is 238 g/mol. The Morgan fingerprint density at radius 3 is 2.29 bits per heavy atom. The Hall–Kier alpha value is -1.32. The Balaban J connectivity index is 2.64. The molecular formula is C13H22N2O2. The summed E-state index contributed by atoms with van der Waals surface area (Å²) in [5.41, 5.74) is 0. The molecule has 0 atom stereocenters. The Morgan fingerprint density at radius 2 is 1.88 bits per heavy atom. The van der Waals surface area contributed by atoms with Crippen LogP contribution in [-0.4, -0.2) is 28.9 Å². The van der Waals surface area contributed by atoms with Crippen molar-refractivity contribution >= 4 is 5.91 Å². The maximum Gasteiger partial charge on any atom is 0.309 e. The molecule has 1 aromatic heterocycles. The smallest absolute Gasteiger partial charge is 0.309 e. The van der Waals surface area contributed by atoms with E-state index in [-0.39, 0.29) is 11.8 Å². The Kier molecular flexibility index (Phi) is 5.73. The van der Waals surface area contributed by atoms with E-state index < -0.39 is 0 Å². The van der Waals surface area contributed by atoms with E-state index >= 15 is 0 Å². The molecule has 0 unspecified atom stereocenters. The molecule has 17 heavy (non-hydrogen) atoms. The molecule has 0 radical (unpaired) electrons. The summed E-state index contributed by atoms with van der Waals surface area (Å²) in [5, 5.41) is 0. The zero-order valence-corrected chi connectivity index (χ0v) is 11.0. The third-order valence-electron chi connectivity index (χ3n) is 2.65. The first-order valence-electron chi connectivity index (χ1n) is 6.40. The molecule has 0 N–H and O–H groups in total. The highest BCUT2D eigenvalue weighted by Crippen LogP contribution is 2.08. The van der Waals surface area contributed by atoms with Crippen LogP contribution in [0.15, 0.2) is 10.6 Å². The minimum absolute atomic E-state index is 0.0833. The minimum atomic E-state index is -0.0833. The first-order chi connectivity index (χ1) is 8.19. The molecule has 1 aromatic rings. The second-order valence-corrected chi connectivity index (χ2v) is 4.28. The highest BCUT2D eigenvalue weighted by atomic mass is 16.4. The van der Waals surface area contributed by atoms with Crippen LogP contribution >= 0.6 is 0 Å². The maximum absolute atomic E-state index is 12.1. The summed E-state index contributed by atoms with van der Waals surface area (Å²) in [6.45, 7) is 7.62. The van der Waals surface area contributed by atoms with Gasteiger partial charge in [0.15, 0.2) is 0 Å². The highest BCUT2D eigenvalue weighted by molar-refractivity contribution is 5.89. The number of oxazole rings is 1. The molecule has 1 rings (SSSR count). The molecule has 0 saturated carbocycles. The summed E-state index contributed by atoms with van der Waals surface area (Å²) in [6.07, 6.45) is 5.80. The molecule has 0 aliphatic carbocycles. The second kappa shape index (κ2) is 7.09. The van der Waals surface area contributed by atoms with E-state index in [1.807, 2.05) is 4.90 Å². The molecule has 96 valence electrons. The van der Waals surface area contributed by atoms with Gasteiger partial charge in [-0.3, -0.25) is 4.79 Å². The number of nitrogens with zero attached hydrogens (tertiary/aromatic N) is 2. The Morgan fingerprint density at radius 1 is 1.29 bits per heavy atom. The number of unbranched alkanes of at least 4 members (excludes halogenated alkanes) is 2. The summed E-state index contributed by atoms with van der Waals surface area (Å²) in [7, 11) is 0. The average Bonchev–Trinajstić information content (AvgIpc) is 2.75. The van der Waals surface area contributed by atoms with Crippen molar-refractivity contribution in [3.05, 3.63) is 17.8 Å². The van der Waals surface area contributed by atoms with Crippen molar-refractivity contribution in [2.24, 2.45) is 0 Å². The molecule has 0 bridgehead atoms. The van der Waals surface area contributed by atoms with Gasteiger partial charge >= 0.3 is 5.91 Å². The van der Waals surface area contributed by atoms with Crippen molar-refractivity contribution in [2.45, 2.75) is 46.5 Å². The van der Waals surface area contributed by atoms with E-state index in [2.05, 4.69) is 18.8 Å². The van der Waals surface area contributed by atoms with Crippen LogP contribution in [0.4, 0.5) is 0 Å². The molecule has 0 aromatic carbocycles. The van der Waals surface area contributed by atoms with Gasteiger partial charge in [-0.2, -0.15) is 0 Å². The lowest BCUT2D eigenvalue weighted by Crippen LogP contribution is -2.33.